The smallest absolute Gasteiger partial charge is 0.177 e. The maximum absolute atomic E-state index is 12.7. The minimum atomic E-state index is -1.79. The van der Waals surface area contributed by atoms with E-state index in [4.69, 9.17) is 14.2 Å². The molecule has 184 valence electrons. The number of benzene rings is 2. The van der Waals surface area contributed by atoms with Crippen LogP contribution in [0, 0.1) is 5.92 Å². The summed E-state index contributed by atoms with van der Waals surface area (Å²) in [5, 5.41) is 28.1. The highest BCUT2D eigenvalue weighted by molar-refractivity contribution is 9.10. The van der Waals surface area contributed by atoms with Gasteiger partial charge in [0.1, 0.15) is 11.5 Å². The van der Waals surface area contributed by atoms with Crippen LogP contribution in [0.25, 0.3) is 0 Å². The summed E-state index contributed by atoms with van der Waals surface area (Å²) in [6, 6.07) is 17.6. The summed E-state index contributed by atoms with van der Waals surface area (Å²) in [6.07, 6.45) is 1.96. The van der Waals surface area contributed by atoms with Gasteiger partial charge in [-0.1, -0.05) is 58.4 Å². The summed E-state index contributed by atoms with van der Waals surface area (Å²) in [7, 11) is 3.18. The van der Waals surface area contributed by atoms with Crippen LogP contribution >= 0.6 is 15.9 Å². The average Bonchev–Trinajstić information content (AvgIpc) is 3.26. The maximum atomic E-state index is 12.7. The molecule has 1 aromatic heterocycles. The van der Waals surface area contributed by atoms with Gasteiger partial charge in [-0.15, -0.1) is 0 Å². The molecule has 2 heterocycles. The normalized spacial score (nSPS) is 28.9. The molecule has 0 amide bonds. The number of nitrogens with zero attached hydrogens (tertiary/aromatic N) is 1. The van der Waals surface area contributed by atoms with E-state index in [0.29, 0.717) is 36.8 Å². The highest BCUT2D eigenvalue weighted by Gasteiger charge is 2.76. The topological polar surface area (TPSA) is 93.1 Å². The van der Waals surface area contributed by atoms with Gasteiger partial charge in [0.2, 0.25) is 0 Å². The fourth-order valence-electron chi connectivity index (χ4n) is 5.90. The number of nitrogens with one attached hydrogen (secondary N) is 1. The highest BCUT2D eigenvalue weighted by Crippen LogP contribution is 2.69. The Morgan fingerprint density at radius 1 is 1.09 bits per heavy atom. The van der Waals surface area contributed by atoms with Crippen LogP contribution in [0.1, 0.15) is 22.6 Å². The number of aliphatic hydroxyl groups is 2. The molecule has 7 nitrogen and oxygen atoms in total. The van der Waals surface area contributed by atoms with E-state index in [9.17, 15) is 10.2 Å². The maximum Gasteiger partial charge on any atom is 0.177 e. The second-order valence-electron chi connectivity index (χ2n) is 9.02. The van der Waals surface area contributed by atoms with Crippen LogP contribution in [0.15, 0.2) is 71.5 Å². The van der Waals surface area contributed by atoms with Crippen LogP contribution in [-0.2, 0) is 15.9 Å². The third-order valence-electron chi connectivity index (χ3n) is 7.31. The van der Waals surface area contributed by atoms with Gasteiger partial charge in [-0.05, 0) is 23.3 Å². The number of halogens is 1. The number of aliphatic hydroxyl groups excluding tert-OH is 1. The lowest BCUT2D eigenvalue weighted by Crippen LogP contribution is -2.52. The van der Waals surface area contributed by atoms with Crippen LogP contribution in [-0.4, -0.2) is 55.2 Å². The van der Waals surface area contributed by atoms with Crippen molar-refractivity contribution in [2.24, 2.45) is 5.92 Å². The Balaban J connectivity index is 1.76. The summed E-state index contributed by atoms with van der Waals surface area (Å²) in [4.78, 5) is 4.26. The number of rotatable bonds is 8. The van der Waals surface area contributed by atoms with Crippen LogP contribution in [0.4, 0.5) is 0 Å². The van der Waals surface area contributed by atoms with Gasteiger partial charge in [-0.25, -0.2) is 0 Å². The quantitative estimate of drug-likeness (QED) is 0.377. The van der Waals surface area contributed by atoms with Gasteiger partial charge >= 0.3 is 0 Å². The first-order valence-corrected chi connectivity index (χ1v) is 12.4. The van der Waals surface area contributed by atoms with Crippen molar-refractivity contribution in [3.8, 4) is 11.5 Å². The van der Waals surface area contributed by atoms with Crippen molar-refractivity contribution in [1.82, 2.24) is 10.3 Å². The van der Waals surface area contributed by atoms with Crippen LogP contribution < -0.4 is 14.8 Å². The molecule has 5 atom stereocenters. The lowest BCUT2D eigenvalue weighted by Gasteiger charge is -2.41. The fraction of sp³-hybridized carbons (Fsp3) is 0.370. The minimum absolute atomic E-state index is 0.378. The van der Waals surface area contributed by atoms with Crippen molar-refractivity contribution in [2.45, 2.75) is 23.2 Å². The van der Waals surface area contributed by atoms with Crippen molar-refractivity contribution in [2.75, 3.05) is 33.9 Å². The summed E-state index contributed by atoms with van der Waals surface area (Å²) in [6.45, 7) is 1.62. The predicted octanol–water partition coefficient (Wildman–Crippen LogP) is 3.34. The Labute approximate surface area is 213 Å². The molecule has 2 aliphatic rings. The lowest BCUT2D eigenvalue weighted by atomic mass is 9.70. The van der Waals surface area contributed by atoms with Gasteiger partial charge in [0.25, 0.3) is 0 Å². The van der Waals surface area contributed by atoms with E-state index in [1.54, 1.807) is 19.5 Å². The monoisotopic (exact) mass is 540 g/mol. The second-order valence-corrected chi connectivity index (χ2v) is 9.94. The van der Waals surface area contributed by atoms with Crippen LogP contribution in [0.2, 0.25) is 0 Å². The van der Waals surface area contributed by atoms with Gasteiger partial charge in [0, 0.05) is 36.5 Å². The van der Waals surface area contributed by atoms with Gasteiger partial charge in [0.05, 0.1) is 37.8 Å². The first kappa shape index (κ1) is 24.2. The zero-order valence-electron chi connectivity index (χ0n) is 19.6. The van der Waals surface area contributed by atoms with E-state index in [1.807, 2.05) is 54.6 Å². The van der Waals surface area contributed by atoms with Crippen LogP contribution in [0.5, 0.6) is 11.5 Å². The van der Waals surface area contributed by atoms with E-state index < -0.39 is 23.2 Å². The van der Waals surface area contributed by atoms with E-state index in [-0.39, 0.29) is 5.92 Å². The molecule has 0 bridgehead atoms. The molecule has 3 aromatic rings. The number of hydrogen-bond acceptors (Lipinski definition) is 7. The van der Waals surface area contributed by atoms with E-state index >= 15 is 0 Å². The Kier molecular flexibility index (Phi) is 6.59. The first-order chi connectivity index (χ1) is 17.0. The third-order valence-corrected chi connectivity index (χ3v) is 7.84. The van der Waals surface area contributed by atoms with E-state index in [1.165, 1.54) is 7.11 Å². The zero-order chi connectivity index (χ0) is 24.6. The first-order valence-electron chi connectivity index (χ1n) is 11.6. The molecule has 1 aliphatic carbocycles. The predicted molar refractivity (Wildman–Crippen MR) is 135 cm³/mol. The highest BCUT2D eigenvalue weighted by atomic mass is 79.9. The molecular weight excluding hydrogens is 512 g/mol. The molecule has 2 aromatic carbocycles. The largest absolute Gasteiger partial charge is 0.495 e. The second kappa shape index (κ2) is 9.52. The number of methoxy groups -OCH3 is 2. The average molecular weight is 541 g/mol. The molecule has 1 aliphatic heterocycles. The van der Waals surface area contributed by atoms with Crippen molar-refractivity contribution in [3.05, 3.63) is 88.2 Å². The lowest BCUT2D eigenvalue weighted by molar-refractivity contribution is -0.152. The van der Waals surface area contributed by atoms with Crippen molar-refractivity contribution < 1.29 is 24.4 Å². The van der Waals surface area contributed by atoms with E-state index in [2.05, 4.69) is 26.2 Å². The molecule has 8 heteroatoms. The number of hydrogen-bond donors (Lipinski definition) is 3. The Morgan fingerprint density at radius 3 is 2.51 bits per heavy atom. The van der Waals surface area contributed by atoms with Crippen molar-refractivity contribution >= 4 is 15.9 Å². The standard InChI is InChI=1S/C27H29BrN2O5/c1-33-13-12-29-14-20-23(17-6-4-3-5-7-17)27(18-8-10-19(28)11-9-18)26(32,25(20)31)24-21(34-2)15-30-16-22(24)35-27/h3-11,15-16,20,23,25,29,31-32H,12-14H2,1-2H3. The molecule has 5 unspecified atom stereocenters. The zero-order valence-corrected chi connectivity index (χ0v) is 21.2. The Morgan fingerprint density at radius 2 is 1.83 bits per heavy atom. The molecule has 0 radical (unpaired) electrons. The van der Waals surface area contributed by atoms with Crippen molar-refractivity contribution in [1.29, 1.82) is 0 Å². The molecule has 1 fully saturated rings. The molecule has 0 spiro atoms. The third kappa shape index (κ3) is 3.58. The van der Waals surface area contributed by atoms with Gasteiger partial charge in [-0.3, -0.25) is 4.98 Å². The van der Waals surface area contributed by atoms with Gasteiger partial charge in [0.15, 0.2) is 11.2 Å². The fourth-order valence-corrected chi connectivity index (χ4v) is 6.16. The SMILES string of the molecule is COCCNCC1C(O)C2(O)c3c(OC)cncc3OC2(c2ccc(Br)cc2)C1c1ccccc1. The molecular formula is C27H29BrN2O5. The number of fused-ring (bicyclic) bond motifs is 3. The summed E-state index contributed by atoms with van der Waals surface area (Å²) < 4.78 is 18.5. The van der Waals surface area contributed by atoms with Crippen LogP contribution in [0.3, 0.4) is 0 Å². The number of ether oxygens (including phenoxy) is 3. The molecule has 0 saturated heterocycles. The Hall–Kier alpha value is -2.49. The summed E-state index contributed by atoms with van der Waals surface area (Å²) >= 11 is 3.52. The molecule has 1 saturated carbocycles. The van der Waals surface area contributed by atoms with E-state index in [0.717, 1.165) is 15.6 Å². The van der Waals surface area contributed by atoms with Crippen molar-refractivity contribution in [3.63, 3.8) is 0 Å². The summed E-state index contributed by atoms with van der Waals surface area (Å²) in [5.74, 6) is 0.00864. The minimum Gasteiger partial charge on any atom is -0.495 e. The number of pyridine rings is 1. The summed E-state index contributed by atoms with van der Waals surface area (Å²) in [5.41, 5.74) is -0.970. The molecule has 3 N–H and O–H groups in total. The number of aromatic nitrogens is 1. The molecule has 35 heavy (non-hydrogen) atoms. The Bertz CT molecular complexity index is 1180. The van der Waals surface area contributed by atoms with Gasteiger partial charge in [-0.2, -0.15) is 0 Å². The van der Waals surface area contributed by atoms with Gasteiger partial charge < -0.3 is 29.7 Å². The molecule has 5 rings (SSSR count).